The van der Waals surface area contributed by atoms with E-state index in [1.54, 1.807) is 4.68 Å². The molecule has 2 bridgehead atoms. The molecule has 0 saturated heterocycles. The number of thioether (sulfide) groups is 1. The van der Waals surface area contributed by atoms with Crippen LogP contribution in [0.15, 0.2) is 35.5 Å². The van der Waals surface area contributed by atoms with E-state index < -0.39 is 0 Å². The number of para-hydroxylation sites is 1. The third-order valence-electron chi connectivity index (χ3n) is 5.60. The highest BCUT2D eigenvalue weighted by molar-refractivity contribution is 7.99. The second-order valence-corrected chi connectivity index (χ2v) is 8.13. The predicted molar refractivity (Wildman–Crippen MR) is 96.4 cm³/mol. The maximum atomic E-state index is 12.3. The summed E-state index contributed by atoms with van der Waals surface area (Å²) in [6.07, 6.45) is 5.38. The van der Waals surface area contributed by atoms with Gasteiger partial charge in [0.05, 0.1) is 11.4 Å². The molecule has 1 amide bonds. The Kier molecular flexibility index (Phi) is 4.74. The van der Waals surface area contributed by atoms with Crippen molar-refractivity contribution >= 4 is 17.7 Å². The molecule has 0 aliphatic heterocycles. The Labute approximate surface area is 151 Å². The van der Waals surface area contributed by atoms with Crippen molar-refractivity contribution in [2.45, 2.75) is 43.8 Å². The van der Waals surface area contributed by atoms with Crippen LogP contribution in [-0.4, -0.2) is 37.9 Å². The van der Waals surface area contributed by atoms with E-state index in [0.29, 0.717) is 16.8 Å². The van der Waals surface area contributed by atoms with E-state index in [-0.39, 0.29) is 11.9 Å². The largest absolute Gasteiger partial charge is 0.353 e. The molecule has 1 aromatic carbocycles. The Bertz CT molecular complexity index is 734. The molecule has 2 fully saturated rings. The first kappa shape index (κ1) is 16.6. The molecule has 7 heteroatoms. The number of nitrogens with one attached hydrogen (secondary N) is 1. The van der Waals surface area contributed by atoms with Crippen molar-refractivity contribution in [2.75, 3.05) is 5.75 Å². The number of aromatic nitrogens is 4. The van der Waals surface area contributed by atoms with Gasteiger partial charge in [-0.15, -0.1) is 5.10 Å². The number of benzene rings is 1. The quantitative estimate of drug-likeness (QED) is 0.805. The second-order valence-electron chi connectivity index (χ2n) is 7.19. The molecule has 1 N–H and O–H groups in total. The Hall–Kier alpha value is -1.89. The van der Waals surface area contributed by atoms with E-state index in [9.17, 15) is 4.79 Å². The van der Waals surface area contributed by atoms with Gasteiger partial charge in [0.15, 0.2) is 0 Å². The van der Waals surface area contributed by atoms with Crippen molar-refractivity contribution in [3.05, 3.63) is 30.3 Å². The van der Waals surface area contributed by atoms with Crippen molar-refractivity contribution in [1.29, 1.82) is 0 Å². The lowest BCUT2D eigenvalue weighted by atomic mass is 9.84. The molecule has 2 aliphatic rings. The van der Waals surface area contributed by atoms with Crippen LogP contribution < -0.4 is 5.32 Å². The highest BCUT2D eigenvalue weighted by atomic mass is 32.2. The molecule has 1 aromatic heterocycles. The monoisotopic (exact) mass is 357 g/mol. The van der Waals surface area contributed by atoms with Crippen LogP contribution >= 0.6 is 11.8 Å². The van der Waals surface area contributed by atoms with Gasteiger partial charge in [0.1, 0.15) is 0 Å². The van der Waals surface area contributed by atoms with E-state index >= 15 is 0 Å². The average molecular weight is 357 g/mol. The summed E-state index contributed by atoms with van der Waals surface area (Å²) in [6, 6.07) is 9.97. The first-order chi connectivity index (χ1) is 12.2. The molecule has 132 valence electrons. The van der Waals surface area contributed by atoms with Gasteiger partial charge < -0.3 is 5.32 Å². The number of hydrogen-bond donors (Lipinski definition) is 1. The number of fused-ring (bicyclic) bond motifs is 2. The standard InChI is InChI=1S/C18H23N5OS/c1-12(16-10-13-7-8-14(16)9-13)19-17(24)11-25-18-20-21-22-23(18)15-5-3-2-4-6-15/h2-6,12-14,16H,7-11H2,1H3,(H,19,24)/t12-,13-,14-,16-/m0/s1. The third-order valence-corrected chi connectivity index (χ3v) is 6.52. The van der Waals surface area contributed by atoms with Crippen LogP contribution in [0.5, 0.6) is 0 Å². The molecule has 4 rings (SSSR count). The summed E-state index contributed by atoms with van der Waals surface area (Å²) in [5.41, 5.74) is 0.894. The van der Waals surface area contributed by atoms with E-state index in [1.165, 1.54) is 37.4 Å². The van der Waals surface area contributed by atoms with Gasteiger partial charge >= 0.3 is 0 Å². The lowest BCUT2D eigenvalue weighted by Crippen LogP contribution is -2.40. The van der Waals surface area contributed by atoms with Crippen LogP contribution in [0.2, 0.25) is 0 Å². The molecular weight excluding hydrogens is 334 g/mol. The summed E-state index contributed by atoms with van der Waals surface area (Å²) in [6.45, 7) is 2.15. The van der Waals surface area contributed by atoms with Gasteiger partial charge in [0, 0.05) is 6.04 Å². The minimum Gasteiger partial charge on any atom is -0.353 e. The van der Waals surface area contributed by atoms with E-state index in [2.05, 4.69) is 27.8 Å². The van der Waals surface area contributed by atoms with Gasteiger partial charge in [0.25, 0.3) is 0 Å². The molecule has 2 saturated carbocycles. The van der Waals surface area contributed by atoms with E-state index in [0.717, 1.165) is 17.5 Å². The topological polar surface area (TPSA) is 72.7 Å². The van der Waals surface area contributed by atoms with Crippen molar-refractivity contribution in [3.8, 4) is 5.69 Å². The van der Waals surface area contributed by atoms with Crippen LogP contribution in [0.1, 0.15) is 32.6 Å². The third kappa shape index (κ3) is 3.56. The normalized spacial score (nSPS) is 25.9. The lowest BCUT2D eigenvalue weighted by Gasteiger charge is -2.28. The average Bonchev–Trinajstić information content (AvgIpc) is 3.37. The maximum Gasteiger partial charge on any atom is 0.230 e. The second kappa shape index (κ2) is 7.15. The van der Waals surface area contributed by atoms with Crippen molar-refractivity contribution in [2.24, 2.45) is 17.8 Å². The smallest absolute Gasteiger partial charge is 0.230 e. The number of nitrogens with zero attached hydrogens (tertiary/aromatic N) is 4. The maximum absolute atomic E-state index is 12.3. The zero-order valence-electron chi connectivity index (χ0n) is 14.3. The Morgan fingerprint density at radius 2 is 2.16 bits per heavy atom. The van der Waals surface area contributed by atoms with Crippen molar-refractivity contribution in [3.63, 3.8) is 0 Å². The SMILES string of the molecule is C[C@H](NC(=O)CSc1nnnn1-c1ccccc1)[C@@H]1C[C@H]2CC[C@H]1C2. The molecule has 2 aliphatic carbocycles. The number of tetrazole rings is 1. The lowest BCUT2D eigenvalue weighted by molar-refractivity contribution is -0.119. The summed E-state index contributed by atoms with van der Waals surface area (Å²) in [4.78, 5) is 12.3. The summed E-state index contributed by atoms with van der Waals surface area (Å²) in [5.74, 6) is 2.76. The fourth-order valence-corrected chi connectivity index (χ4v) is 5.14. The highest BCUT2D eigenvalue weighted by Crippen LogP contribution is 2.49. The van der Waals surface area contributed by atoms with Crippen molar-refractivity contribution in [1.82, 2.24) is 25.5 Å². The molecule has 25 heavy (non-hydrogen) atoms. The Morgan fingerprint density at radius 1 is 1.32 bits per heavy atom. The van der Waals surface area contributed by atoms with Gasteiger partial charge in [-0.25, -0.2) is 0 Å². The van der Waals surface area contributed by atoms with Crippen molar-refractivity contribution < 1.29 is 4.79 Å². The number of hydrogen-bond acceptors (Lipinski definition) is 5. The highest BCUT2D eigenvalue weighted by Gasteiger charge is 2.42. The summed E-state index contributed by atoms with van der Waals surface area (Å²) >= 11 is 1.37. The van der Waals surface area contributed by atoms with Gasteiger partial charge in [0.2, 0.25) is 11.1 Å². The molecule has 0 unspecified atom stereocenters. The molecule has 0 spiro atoms. The minimum absolute atomic E-state index is 0.0582. The van der Waals surface area contributed by atoms with Crippen LogP contribution in [0.25, 0.3) is 5.69 Å². The van der Waals surface area contributed by atoms with Gasteiger partial charge in [-0.05, 0) is 66.5 Å². The van der Waals surface area contributed by atoms with Crippen LogP contribution in [-0.2, 0) is 4.79 Å². The fraction of sp³-hybridized carbons (Fsp3) is 0.556. The van der Waals surface area contributed by atoms with Gasteiger partial charge in [-0.1, -0.05) is 36.4 Å². The van der Waals surface area contributed by atoms with Crippen LogP contribution in [0, 0.1) is 17.8 Å². The molecule has 4 atom stereocenters. The molecular formula is C18H23N5OS. The number of carbonyl (C=O) groups excluding carboxylic acids is 1. The molecule has 6 nitrogen and oxygen atoms in total. The van der Waals surface area contributed by atoms with E-state index in [4.69, 9.17) is 0 Å². The number of rotatable bonds is 6. The van der Waals surface area contributed by atoms with E-state index in [1.807, 2.05) is 30.3 Å². The fourth-order valence-electron chi connectivity index (χ4n) is 4.44. The minimum atomic E-state index is 0.0582. The number of carbonyl (C=O) groups is 1. The summed E-state index contributed by atoms with van der Waals surface area (Å²) in [7, 11) is 0. The molecule has 0 radical (unpaired) electrons. The summed E-state index contributed by atoms with van der Waals surface area (Å²) in [5, 5.41) is 15.6. The molecule has 1 heterocycles. The first-order valence-electron chi connectivity index (χ1n) is 8.96. The van der Waals surface area contributed by atoms with Crippen LogP contribution in [0.4, 0.5) is 0 Å². The predicted octanol–water partition coefficient (Wildman–Crippen LogP) is 2.70. The van der Waals surface area contributed by atoms with Gasteiger partial charge in [-0.3, -0.25) is 4.79 Å². The Morgan fingerprint density at radius 3 is 2.88 bits per heavy atom. The molecule has 2 aromatic rings. The Balaban J connectivity index is 1.32. The number of amides is 1. The van der Waals surface area contributed by atoms with Gasteiger partial charge in [-0.2, -0.15) is 4.68 Å². The summed E-state index contributed by atoms with van der Waals surface area (Å²) < 4.78 is 1.66. The zero-order chi connectivity index (χ0) is 17.2. The zero-order valence-corrected chi connectivity index (χ0v) is 15.2. The van der Waals surface area contributed by atoms with Crippen LogP contribution in [0.3, 0.4) is 0 Å². The first-order valence-corrected chi connectivity index (χ1v) is 9.95.